The highest BCUT2D eigenvalue weighted by Gasteiger charge is 2.25. The molecule has 19 heavy (non-hydrogen) atoms. The van der Waals surface area contributed by atoms with Gasteiger partial charge in [-0.25, -0.2) is 0 Å². The first-order valence-corrected chi connectivity index (χ1v) is 5.94. The quantitative estimate of drug-likeness (QED) is 0.778. The molecule has 0 bridgehead atoms. The zero-order valence-corrected chi connectivity index (χ0v) is 10.0. The third-order valence-electron chi connectivity index (χ3n) is 3.16. The van der Waals surface area contributed by atoms with Crippen LogP contribution in [0.25, 0.3) is 5.57 Å². The fourth-order valence-electron chi connectivity index (χ4n) is 2.28. The van der Waals surface area contributed by atoms with Crippen molar-refractivity contribution < 1.29 is 9.84 Å². The highest BCUT2D eigenvalue weighted by Crippen LogP contribution is 2.41. The van der Waals surface area contributed by atoms with Gasteiger partial charge in [-0.15, -0.1) is 0 Å². The van der Waals surface area contributed by atoms with Crippen LogP contribution in [0.15, 0.2) is 60.5 Å². The lowest BCUT2D eigenvalue weighted by Crippen LogP contribution is -2.22. The van der Waals surface area contributed by atoms with Crippen LogP contribution in [0.2, 0.25) is 0 Å². The Bertz CT molecular complexity index is 683. The molecule has 3 heteroatoms. The lowest BCUT2D eigenvalue weighted by molar-refractivity contribution is -0.341. The summed E-state index contributed by atoms with van der Waals surface area (Å²) in [4.78, 5) is 0. The van der Waals surface area contributed by atoms with Crippen molar-refractivity contribution >= 4 is 5.57 Å². The monoisotopic (exact) mass is 248 g/mol. The molecular formula is C16H10NO2-. The lowest BCUT2D eigenvalue weighted by Gasteiger charge is -2.31. The third-order valence-corrected chi connectivity index (χ3v) is 3.16. The fraction of sp³-hybridized carbons (Fsp3) is 0.0625. The van der Waals surface area contributed by atoms with E-state index >= 15 is 0 Å². The van der Waals surface area contributed by atoms with Crippen molar-refractivity contribution in [3.05, 3.63) is 71.7 Å². The Morgan fingerprint density at radius 3 is 2.42 bits per heavy atom. The molecule has 92 valence electrons. The molecule has 1 atom stereocenters. The van der Waals surface area contributed by atoms with Crippen molar-refractivity contribution in [1.82, 2.24) is 0 Å². The number of rotatable bonds is 1. The van der Waals surface area contributed by atoms with Gasteiger partial charge >= 0.3 is 0 Å². The molecular weight excluding hydrogens is 238 g/mol. The maximum Gasteiger partial charge on any atom is 0.0997 e. The highest BCUT2D eigenvalue weighted by molar-refractivity contribution is 5.77. The van der Waals surface area contributed by atoms with Gasteiger partial charge in [-0.1, -0.05) is 48.5 Å². The van der Waals surface area contributed by atoms with E-state index in [1.807, 2.05) is 42.5 Å². The van der Waals surface area contributed by atoms with E-state index in [2.05, 4.69) is 6.07 Å². The Labute approximate surface area is 111 Å². The third kappa shape index (κ3) is 1.84. The number of allylic oxidation sites excluding steroid dienone is 1. The van der Waals surface area contributed by atoms with Crippen molar-refractivity contribution in [2.45, 2.75) is 5.92 Å². The molecule has 2 aromatic rings. The van der Waals surface area contributed by atoms with E-state index in [0.717, 1.165) is 11.1 Å². The Morgan fingerprint density at radius 2 is 1.68 bits per heavy atom. The van der Waals surface area contributed by atoms with Crippen LogP contribution < -0.4 is 9.84 Å². The molecule has 0 amide bonds. The molecule has 0 radical (unpaired) electrons. The van der Waals surface area contributed by atoms with E-state index in [-0.39, 0.29) is 0 Å². The van der Waals surface area contributed by atoms with Gasteiger partial charge < -0.3 is 9.84 Å². The number of ether oxygens (including phenoxy) is 1. The summed E-state index contributed by atoms with van der Waals surface area (Å²) >= 11 is 0. The molecule has 0 saturated heterocycles. The average Bonchev–Trinajstić information content (AvgIpc) is 2.46. The molecule has 3 nitrogen and oxygen atoms in total. The second-order valence-electron chi connectivity index (χ2n) is 4.27. The summed E-state index contributed by atoms with van der Waals surface area (Å²) in [5.74, 6) is -0.560. The fourth-order valence-corrected chi connectivity index (χ4v) is 2.28. The van der Waals surface area contributed by atoms with Crippen molar-refractivity contribution in [2.24, 2.45) is 0 Å². The predicted molar refractivity (Wildman–Crippen MR) is 68.8 cm³/mol. The van der Waals surface area contributed by atoms with Gasteiger partial charge in [0.2, 0.25) is 0 Å². The van der Waals surface area contributed by atoms with Crippen LogP contribution in [-0.4, -0.2) is 0 Å². The van der Waals surface area contributed by atoms with E-state index in [4.69, 9.17) is 4.74 Å². The molecule has 0 spiro atoms. The molecule has 1 heterocycles. The maximum atomic E-state index is 12.1. The second-order valence-corrected chi connectivity index (χ2v) is 4.27. The normalized spacial score (nSPS) is 17.3. The van der Waals surface area contributed by atoms with E-state index in [1.54, 1.807) is 12.1 Å². The van der Waals surface area contributed by atoms with E-state index in [1.165, 1.54) is 0 Å². The Hall–Kier alpha value is -2.73. The summed E-state index contributed by atoms with van der Waals surface area (Å²) in [7, 11) is 0. The van der Waals surface area contributed by atoms with Crippen LogP contribution in [-0.2, 0) is 0 Å². The number of hydrogen-bond donors (Lipinski definition) is 0. The van der Waals surface area contributed by atoms with Crippen LogP contribution in [0.5, 0.6) is 5.75 Å². The second kappa shape index (κ2) is 4.51. The molecule has 0 aliphatic carbocycles. The molecule has 2 aromatic carbocycles. The molecule has 0 fully saturated rings. The SMILES string of the molecule is N#C[C@@H]1C(c2ccccc2)=C([O-])Oc2ccccc21. The number of nitriles is 1. The number of nitrogens with zero attached hydrogens (tertiary/aromatic N) is 1. The average molecular weight is 248 g/mol. The van der Waals surface area contributed by atoms with E-state index in [0.29, 0.717) is 11.3 Å². The topological polar surface area (TPSA) is 56.1 Å². The number of para-hydroxylation sites is 1. The lowest BCUT2D eigenvalue weighted by atomic mass is 9.86. The van der Waals surface area contributed by atoms with Crippen molar-refractivity contribution in [1.29, 1.82) is 5.26 Å². The van der Waals surface area contributed by atoms with Crippen LogP contribution >= 0.6 is 0 Å². The largest absolute Gasteiger partial charge is 0.579 e. The maximum absolute atomic E-state index is 12.1. The van der Waals surface area contributed by atoms with Gasteiger partial charge in [0, 0.05) is 11.3 Å². The molecule has 1 aliphatic heterocycles. The molecule has 0 aromatic heterocycles. The first kappa shape index (κ1) is 11.4. The van der Waals surface area contributed by atoms with Gasteiger partial charge in [0.15, 0.2) is 0 Å². The summed E-state index contributed by atoms with van der Waals surface area (Å²) in [6, 6.07) is 18.5. The highest BCUT2D eigenvalue weighted by atomic mass is 16.6. The molecule has 1 aliphatic rings. The zero-order valence-electron chi connectivity index (χ0n) is 10.0. The summed E-state index contributed by atoms with van der Waals surface area (Å²) in [6.45, 7) is 0. The summed E-state index contributed by atoms with van der Waals surface area (Å²) in [5, 5.41) is 21.5. The first-order valence-electron chi connectivity index (χ1n) is 5.94. The summed E-state index contributed by atoms with van der Waals surface area (Å²) in [5.41, 5.74) is 1.87. The zero-order chi connectivity index (χ0) is 13.2. The van der Waals surface area contributed by atoms with E-state index < -0.39 is 11.9 Å². The van der Waals surface area contributed by atoms with Crippen molar-refractivity contribution in [2.75, 3.05) is 0 Å². The Morgan fingerprint density at radius 1 is 1.00 bits per heavy atom. The van der Waals surface area contributed by atoms with Crippen molar-refractivity contribution in [3.8, 4) is 11.8 Å². The van der Waals surface area contributed by atoms with Gasteiger partial charge in [0.05, 0.1) is 17.9 Å². The molecule has 0 N–H and O–H groups in total. The van der Waals surface area contributed by atoms with E-state index in [9.17, 15) is 10.4 Å². The van der Waals surface area contributed by atoms with Crippen LogP contribution in [0, 0.1) is 11.3 Å². The smallest absolute Gasteiger partial charge is 0.0997 e. The van der Waals surface area contributed by atoms with Crippen molar-refractivity contribution in [3.63, 3.8) is 0 Å². The predicted octanol–water partition coefficient (Wildman–Crippen LogP) is 2.42. The molecule has 0 saturated carbocycles. The number of fused-ring (bicyclic) bond motifs is 1. The molecule has 0 unspecified atom stereocenters. The minimum atomic E-state index is -0.583. The standard InChI is InChI=1S/C16H11NO2/c17-10-13-12-8-4-5-9-14(12)19-16(18)15(13)11-6-2-1-3-7-11/h1-9,13,18H/p-1/t13-/m0/s1. The van der Waals surface area contributed by atoms with Gasteiger partial charge in [-0.05, 0) is 17.2 Å². The van der Waals surface area contributed by atoms with Gasteiger partial charge in [0.25, 0.3) is 0 Å². The number of hydrogen-bond acceptors (Lipinski definition) is 3. The van der Waals surface area contributed by atoms with Gasteiger partial charge in [-0.3, -0.25) is 0 Å². The van der Waals surface area contributed by atoms with Gasteiger partial charge in [0.1, 0.15) is 0 Å². The summed E-state index contributed by atoms with van der Waals surface area (Å²) < 4.78 is 5.30. The number of benzene rings is 2. The minimum absolute atomic E-state index is 0.404. The van der Waals surface area contributed by atoms with Gasteiger partial charge in [-0.2, -0.15) is 5.26 Å². The van der Waals surface area contributed by atoms with Crippen LogP contribution in [0.3, 0.4) is 0 Å². The minimum Gasteiger partial charge on any atom is -0.579 e. The first-order chi connectivity index (χ1) is 9.31. The molecule has 3 rings (SSSR count). The summed E-state index contributed by atoms with van der Waals surface area (Å²) in [6.07, 6.45) is 0. The van der Waals surface area contributed by atoms with Crippen LogP contribution in [0.1, 0.15) is 17.0 Å². The Kier molecular flexibility index (Phi) is 2.70. The van der Waals surface area contributed by atoms with Crippen LogP contribution in [0.4, 0.5) is 0 Å². The Balaban J connectivity index is 2.18.